The molecule has 10 heteroatoms. The monoisotopic (exact) mass is 452 g/mol. The molecule has 3 aromatic rings. The van der Waals surface area contributed by atoms with Crippen LogP contribution in [0.25, 0.3) is 11.1 Å². The lowest BCUT2D eigenvalue weighted by Crippen LogP contribution is -2.35. The molecule has 1 aliphatic carbocycles. The van der Waals surface area contributed by atoms with E-state index >= 15 is 0 Å². The summed E-state index contributed by atoms with van der Waals surface area (Å²) in [6, 6.07) is 11.6. The van der Waals surface area contributed by atoms with Crippen LogP contribution in [-0.4, -0.2) is 51.6 Å². The summed E-state index contributed by atoms with van der Waals surface area (Å²) < 4.78 is 5.07. The summed E-state index contributed by atoms with van der Waals surface area (Å²) in [5.41, 5.74) is 7.28. The number of nitrogens with two attached hydrogens (primary N) is 1. The number of nitrogens with zero attached hydrogens (tertiary/aromatic N) is 2. The molecule has 1 aromatic heterocycles. The summed E-state index contributed by atoms with van der Waals surface area (Å²) >= 11 is 0. The quantitative estimate of drug-likeness (QED) is 0.363. The molecule has 172 valence electrons. The van der Waals surface area contributed by atoms with Crippen LogP contribution in [0.4, 0.5) is 5.69 Å². The van der Waals surface area contributed by atoms with Gasteiger partial charge >= 0.3 is 5.76 Å². The normalized spacial score (nSPS) is 25.8. The number of H-pyrrole nitrogens is 1. The largest absolute Gasteiger partial charge is 0.417 e. The van der Waals surface area contributed by atoms with Crippen LogP contribution in [0.5, 0.6) is 0 Å². The lowest BCUT2D eigenvalue weighted by Gasteiger charge is -2.26. The first-order valence-corrected chi connectivity index (χ1v) is 10.9. The molecular formula is C23H24N4O6. The number of fused-ring (bicyclic) bond motifs is 1. The molecular weight excluding hydrogens is 428 g/mol. The number of nitrogens with one attached hydrogen (secondary N) is 1. The van der Waals surface area contributed by atoms with Crippen molar-refractivity contribution >= 4 is 22.7 Å². The van der Waals surface area contributed by atoms with Crippen LogP contribution in [0.3, 0.4) is 0 Å². The molecule has 10 nitrogen and oxygen atoms in total. The molecule has 2 heterocycles. The predicted octanol–water partition coefficient (Wildman–Crippen LogP) is 1.62. The number of carbonyl (C=O) groups excluding carboxylic acids is 1. The zero-order valence-corrected chi connectivity index (χ0v) is 17.8. The van der Waals surface area contributed by atoms with Crippen LogP contribution in [0.2, 0.25) is 0 Å². The molecule has 2 aromatic carbocycles. The smallest absolute Gasteiger partial charge is 0.408 e. The van der Waals surface area contributed by atoms with Crippen molar-refractivity contribution in [3.05, 3.63) is 74.3 Å². The molecule has 1 amide bonds. The van der Waals surface area contributed by atoms with E-state index in [1.807, 2.05) is 6.07 Å². The maximum atomic E-state index is 12.8. The van der Waals surface area contributed by atoms with Crippen LogP contribution in [-0.2, 0) is 10.2 Å². The Hall–Kier alpha value is -3.50. The molecule has 2 fully saturated rings. The minimum absolute atomic E-state index is 0.0123. The second kappa shape index (κ2) is 7.82. The van der Waals surface area contributed by atoms with Gasteiger partial charge in [-0.15, -0.1) is 0 Å². The van der Waals surface area contributed by atoms with Crippen LogP contribution >= 0.6 is 0 Å². The fourth-order valence-corrected chi connectivity index (χ4v) is 5.35. The van der Waals surface area contributed by atoms with Gasteiger partial charge in [0.05, 0.1) is 22.0 Å². The van der Waals surface area contributed by atoms with Gasteiger partial charge in [-0.3, -0.25) is 19.9 Å². The molecule has 2 unspecified atom stereocenters. The van der Waals surface area contributed by atoms with E-state index in [0.717, 1.165) is 5.56 Å². The van der Waals surface area contributed by atoms with Crippen molar-refractivity contribution in [2.24, 2.45) is 11.7 Å². The van der Waals surface area contributed by atoms with Gasteiger partial charge in [-0.05, 0) is 42.0 Å². The van der Waals surface area contributed by atoms with E-state index in [1.165, 1.54) is 6.07 Å². The predicted molar refractivity (Wildman–Crippen MR) is 119 cm³/mol. The highest BCUT2D eigenvalue weighted by Gasteiger charge is 2.63. The fraction of sp³-hybridized carbons (Fsp3) is 0.391. The number of rotatable bonds is 7. The van der Waals surface area contributed by atoms with Gasteiger partial charge in [0.25, 0.3) is 5.69 Å². The third-order valence-corrected chi connectivity index (χ3v) is 7.09. The molecule has 2 aliphatic rings. The van der Waals surface area contributed by atoms with Crippen LogP contribution in [0.15, 0.2) is 51.7 Å². The molecule has 0 spiro atoms. The molecule has 4 atom stereocenters. The number of β-amino-alcohol motifs (C(OH)–C–C–N with tert-alkyl or cyclic N) is 1. The highest BCUT2D eigenvalue weighted by Crippen LogP contribution is 2.60. The maximum absolute atomic E-state index is 12.8. The highest BCUT2D eigenvalue weighted by molar-refractivity contribution is 5.92. The summed E-state index contributed by atoms with van der Waals surface area (Å²) in [6.07, 6.45) is 0.744. The maximum Gasteiger partial charge on any atom is 0.417 e. The van der Waals surface area contributed by atoms with E-state index in [0.29, 0.717) is 49.1 Å². The number of non-ortho nitro benzene ring substituents is 1. The van der Waals surface area contributed by atoms with Gasteiger partial charge in [0.2, 0.25) is 5.91 Å². The first-order chi connectivity index (χ1) is 15.8. The Kier molecular flexibility index (Phi) is 5.06. The Morgan fingerprint density at radius 1 is 1.36 bits per heavy atom. The summed E-state index contributed by atoms with van der Waals surface area (Å²) in [6.45, 7) is 1.78. The van der Waals surface area contributed by atoms with E-state index in [4.69, 9.17) is 10.2 Å². The van der Waals surface area contributed by atoms with Crippen molar-refractivity contribution in [2.75, 3.05) is 19.6 Å². The Morgan fingerprint density at radius 3 is 2.88 bits per heavy atom. The average molecular weight is 452 g/mol. The lowest BCUT2D eigenvalue weighted by molar-refractivity contribution is -0.384. The number of nitro groups is 1. The number of hydrogen-bond donors (Lipinski definition) is 3. The zero-order valence-electron chi connectivity index (χ0n) is 17.8. The summed E-state index contributed by atoms with van der Waals surface area (Å²) in [5, 5.41) is 21.4. The number of aliphatic hydroxyl groups excluding tert-OH is 1. The molecule has 4 N–H and O–H groups in total. The lowest BCUT2D eigenvalue weighted by atomic mass is 9.84. The minimum atomic E-state index is -0.962. The van der Waals surface area contributed by atoms with Gasteiger partial charge in [-0.25, -0.2) is 4.79 Å². The van der Waals surface area contributed by atoms with Crippen molar-refractivity contribution < 1.29 is 19.2 Å². The van der Waals surface area contributed by atoms with Crippen molar-refractivity contribution in [3.63, 3.8) is 0 Å². The van der Waals surface area contributed by atoms with Crippen LogP contribution in [0, 0.1) is 16.0 Å². The van der Waals surface area contributed by atoms with Gasteiger partial charge in [0, 0.05) is 37.7 Å². The number of aliphatic hydroxyl groups is 1. The van der Waals surface area contributed by atoms with Crippen LogP contribution < -0.4 is 11.5 Å². The number of likely N-dealkylation sites (tertiary alicyclic amines) is 1. The summed E-state index contributed by atoms with van der Waals surface area (Å²) in [5.74, 6) is -1.45. The first kappa shape index (κ1) is 21.4. The van der Waals surface area contributed by atoms with Crippen molar-refractivity contribution in [3.8, 4) is 0 Å². The average Bonchev–Trinajstić information content (AvgIpc) is 3.23. The third-order valence-electron chi connectivity index (χ3n) is 7.09. The number of aromatic amines is 1. The number of benzene rings is 2. The Morgan fingerprint density at radius 2 is 2.18 bits per heavy atom. The van der Waals surface area contributed by atoms with E-state index < -0.39 is 28.1 Å². The number of amides is 1. The molecule has 0 radical (unpaired) electrons. The van der Waals surface area contributed by atoms with Crippen molar-refractivity contribution in [1.82, 2.24) is 9.88 Å². The van der Waals surface area contributed by atoms with Gasteiger partial charge in [0.15, 0.2) is 5.58 Å². The first-order valence-electron chi connectivity index (χ1n) is 10.9. The molecule has 33 heavy (non-hydrogen) atoms. The zero-order chi connectivity index (χ0) is 23.3. The number of nitro benzene ring substituents is 1. The van der Waals surface area contributed by atoms with E-state index in [9.17, 15) is 24.8 Å². The standard InChI is InChI=1S/C23H24N4O6/c24-21(29)23(14-4-5-20-19(9-14)25-22(30)33-20)10-18(23)17(12-26-7-6-16(28)11-26)13-2-1-3-15(8-13)27(31)32/h1-5,8-9,16-18,28H,6-7,10-12H2,(H2,24,29)(H,25,30)/t16-,17+,18?,23?/m0/s1. The Labute approximate surface area is 188 Å². The second-order valence-electron chi connectivity index (χ2n) is 9.03. The summed E-state index contributed by atoms with van der Waals surface area (Å²) in [4.78, 5) is 40.1. The van der Waals surface area contributed by atoms with E-state index in [2.05, 4.69) is 9.88 Å². The molecule has 1 saturated carbocycles. The van der Waals surface area contributed by atoms with Crippen molar-refractivity contribution in [2.45, 2.75) is 30.3 Å². The molecule has 0 bridgehead atoms. The van der Waals surface area contributed by atoms with E-state index in [-0.39, 0.29) is 17.5 Å². The summed E-state index contributed by atoms with van der Waals surface area (Å²) in [7, 11) is 0. The van der Waals surface area contributed by atoms with Crippen LogP contribution in [0.1, 0.15) is 29.9 Å². The number of primary amides is 1. The Bertz CT molecular complexity index is 1300. The number of oxazole rings is 1. The number of carbonyl (C=O) groups is 1. The van der Waals surface area contributed by atoms with Gasteiger partial charge in [-0.2, -0.15) is 0 Å². The topological polar surface area (TPSA) is 156 Å². The highest BCUT2D eigenvalue weighted by atomic mass is 16.6. The van der Waals surface area contributed by atoms with Crippen molar-refractivity contribution in [1.29, 1.82) is 0 Å². The number of aromatic nitrogens is 1. The second-order valence-corrected chi connectivity index (χ2v) is 9.03. The minimum Gasteiger partial charge on any atom is -0.408 e. The molecule has 1 saturated heterocycles. The SMILES string of the molecule is NC(=O)C1(c2ccc3oc(=O)[nH]c3c2)CC1[C@H](CN1CC[C@H](O)C1)c1cccc([N+](=O)[O-])c1. The third kappa shape index (κ3) is 3.70. The molecule has 1 aliphatic heterocycles. The fourth-order valence-electron chi connectivity index (χ4n) is 5.35. The Balaban J connectivity index is 1.54. The molecule has 5 rings (SSSR count). The van der Waals surface area contributed by atoms with E-state index in [1.54, 1.807) is 30.3 Å². The van der Waals surface area contributed by atoms with Gasteiger partial charge in [0.1, 0.15) is 0 Å². The van der Waals surface area contributed by atoms with Gasteiger partial charge in [-0.1, -0.05) is 18.2 Å². The van der Waals surface area contributed by atoms with Gasteiger partial charge < -0.3 is 20.2 Å². The number of hydrogen-bond acceptors (Lipinski definition) is 7.